The number of para-hydroxylation sites is 1. The highest BCUT2D eigenvalue weighted by molar-refractivity contribution is 6.04. The van der Waals surface area contributed by atoms with Crippen LogP contribution in [0.25, 0.3) is 0 Å². The molecule has 3 aromatic rings. The zero-order valence-electron chi connectivity index (χ0n) is 14.4. The van der Waals surface area contributed by atoms with E-state index in [1.165, 1.54) is 17.0 Å². The third kappa shape index (κ3) is 3.19. The van der Waals surface area contributed by atoms with E-state index in [9.17, 15) is 14.0 Å². The topological polar surface area (TPSA) is 49.4 Å². The Morgan fingerprint density at radius 1 is 0.926 bits per heavy atom. The number of hydrogen-bond donors (Lipinski definition) is 1. The SMILES string of the molecule is O=C(Nc1ccccc1F)[C@@H](c1ccccc1)N1Cc2ccccc2C1=O. The minimum absolute atomic E-state index is 0.0904. The summed E-state index contributed by atoms with van der Waals surface area (Å²) in [5.41, 5.74) is 2.24. The predicted octanol–water partition coefficient (Wildman–Crippen LogP) is 4.16. The Morgan fingerprint density at radius 3 is 2.33 bits per heavy atom. The molecule has 5 heteroatoms. The molecule has 0 unspecified atom stereocenters. The summed E-state index contributed by atoms with van der Waals surface area (Å²) in [5, 5.41) is 2.63. The largest absolute Gasteiger partial charge is 0.321 e. The van der Waals surface area contributed by atoms with Gasteiger partial charge in [-0.1, -0.05) is 60.7 Å². The van der Waals surface area contributed by atoms with Crippen molar-refractivity contribution in [2.75, 3.05) is 5.32 Å². The molecule has 3 aromatic carbocycles. The van der Waals surface area contributed by atoms with E-state index in [1.807, 2.05) is 30.3 Å². The second kappa shape index (κ2) is 7.03. The lowest BCUT2D eigenvalue weighted by Crippen LogP contribution is -2.37. The molecule has 0 spiro atoms. The first-order valence-electron chi connectivity index (χ1n) is 8.64. The molecule has 0 saturated carbocycles. The minimum Gasteiger partial charge on any atom is -0.321 e. The monoisotopic (exact) mass is 360 g/mol. The zero-order valence-corrected chi connectivity index (χ0v) is 14.4. The van der Waals surface area contributed by atoms with Gasteiger partial charge in [0, 0.05) is 12.1 Å². The van der Waals surface area contributed by atoms with Gasteiger partial charge in [-0.15, -0.1) is 0 Å². The van der Waals surface area contributed by atoms with Crippen molar-refractivity contribution < 1.29 is 14.0 Å². The maximum absolute atomic E-state index is 14.0. The van der Waals surface area contributed by atoms with Gasteiger partial charge in [-0.2, -0.15) is 0 Å². The van der Waals surface area contributed by atoms with Gasteiger partial charge in [0.2, 0.25) is 0 Å². The lowest BCUT2D eigenvalue weighted by Gasteiger charge is -2.27. The smallest absolute Gasteiger partial charge is 0.255 e. The van der Waals surface area contributed by atoms with Gasteiger partial charge in [-0.3, -0.25) is 9.59 Å². The first kappa shape index (κ1) is 17.0. The molecular formula is C22H17FN2O2. The summed E-state index contributed by atoms with van der Waals surface area (Å²) < 4.78 is 14.0. The maximum Gasteiger partial charge on any atom is 0.255 e. The highest BCUT2D eigenvalue weighted by atomic mass is 19.1. The molecule has 4 rings (SSSR count). The Balaban J connectivity index is 1.70. The van der Waals surface area contributed by atoms with Gasteiger partial charge < -0.3 is 10.2 Å². The van der Waals surface area contributed by atoms with Crippen LogP contribution >= 0.6 is 0 Å². The van der Waals surface area contributed by atoms with E-state index in [4.69, 9.17) is 0 Å². The number of amides is 2. The number of rotatable bonds is 4. The molecule has 1 aliphatic heterocycles. The molecule has 4 nitrogen and oxygen atoms in total. The van der Waals surface area contributed by atoms with Gasteiger partial charge in [0.1, 0.15) is 11.9 Å². The highest BCUT2D eigenvalue weighted by Gasteiger charge is 2.37. The van der Waals surface area contributed by atoms with Crippen molar-refractivity contribution in [3.05, 3.63) is 101 Å². The Morgan fingerprint density at radius 2 is 1.59 bits per heavy atom. The van der Waals surface area contributed by atoms with Crippen LogP contribution in [0, 0.1) is 5.82 Å². The zero-order chi connectivity index (χ0) is 18.8. The van der Waals surface area contributed by atoms with E-state index in [-0.39, 0.29) is 11.6 Å². The van der Waals surface area contributed by atoms with E-state index in [1.54, 1.807) is 36.4 Å². The fourth-order valence-corrected chi connectivity index (χ4v) is 3.36. The van der Waals surface area contributed by atoms with Crippen molar-refractivity contribution in [2.45, 2.75) is 12.6 Å². The molecule has 2 amide bonds. The lowest BCUT2D eigenvalue weighted by atomic mass is 10.0. The van der Waals surface area contributed by atoms with Crippen LogP contribution in [-0.2, 0) is 11.3 Å². The number of anilines is 1. The van der Waals surface area contributed by atoms with Crippen LogP contribution in [0.15, 0.2) is 78.9 Å². The van der Waals surface area contributed by atoms with Gasteiger partial charge in [-0.05, 0) is 29.3 Å². The number of nitrogens with one attached hydrogen (secondary N) is 1. The number of hydrogen-bond acceptors (Lipinski definition) is 2. The highest BCUT2D eigenvalue weighted by Crippen LogP contribution is 2.32. The molecule has 0 saturated heterocycles. The van der Waals surface area contributed by atoms with Crippen molar-refractivity contribution in [3.63, 3.8) is 0 Å². The van der Waals surface area contributed by atoms with Gasteiger partial charge in [0.05, 0.1) is 5.69 Å². The van der Waals surface area contributed by atoms with Crippen LogP contribution in [0.4, 0.5) is 10.1 Å². The third-order valence-electron chi connectivity index (χ3n) is 4.66. The Kier molecular flexibility index (Phi) is 4.42. The van der Waals surface area contributed by atoms with Crippen molar-refractivity contribution in [2.24, 2.45) is 0 Å². The lowest BCUT2D eigenvalue weighted by molar-refractivity contribution is -0.120. The normalized spacial score (nSPS) is 14.0. The second-order valence-electron chi connectivity index (χ2n) is 6.37. The van der Waals surface area contributed by atoms with Crippen LogP contribution in [-0.4, -0.2) is 16.7 Å². The molecule has 0 fully saturated rings. The number of halogens is 1. The van der Waals surface area contributed by atoms with Gasteiger partial charge in [0.15, 0.2) is 0 Å². The molecule has 0 radical (unpaired) electrons. The summed E-state index contributed by atoms with van der Waals surface area (Å²) in [6, 6.07) is 21.5. The van der Waals surface area contributed by atoms with Crippen LogP contribution in [0.1, 0.15) is 27.5 Å². The van der Waals surface area contributed by atoms with Crippen LogP contribution in [0.3, 0.4) is 0 Å². The Labute approximate surface area is 156 Å². The average Bonchev–Trinajstić information content (AvgIpc) is 3.01. The molecule has 0 bridgehead atoms. The first-order valence-corrected chi connectivity index (χ1v) is 8.64. The van der Waals surface area contributed by atoms with E-state index in [2.05, 4.69) is 5.32 Å². The molecule has 27 heavy (non-hydrogen) atoms. The third-order valence-corrected chi connectivity index (χ3v) is 4.66. The van der Waals surface area contributed by atoms with Crippen LogP contribution in [0.2, 0.25) is 0 Å². The summed E-state index contributed by atoms with van der Waals surface area (Å²) >= 11 is 0. The quantitative estimate of drug-likeness (QED) is 0.759. The van der Waals surface area contributed by atoms with Crippen molar-refractivity contribution in [1.82, 2.24) is 4.90 Å². The van der Waals surface area contributed by atoms with E-state index >= 15 is 0 Å². The Bertz CT molecular complexity index is 1000. The van der Waals surface area contributed by atoms with Crippen LogP contribution in [0.5, 0.6) is 0 Å². The van der Waals surface area contributed by atoms with Gasteiger partial charge >= 0.3 is 0 Å². The molecule has 1 atom stereocenters. The number of benzene rings is 3. The van der Waals surface area contributed by atoms with Crippen molar-refractivity contribution >= 4 is 17.5 Å². The van der Waals surface area contributed by atoms with Crippen molar-refractivity contribution in [3.8, 4) is 0 Å². The summed E-state index contributed by atoms with van der Waals surface area (Å²) in [6.45, 7) is 0.333. The summed E-state index contributed by atoms with van der Waals surface area (Å²) in [4.78, 5) is 27.5. The molecule has 1 aliphatic rings. The van der Waals surface area contributed by atoms with Crippen molar-refractivity contribution in [1.29, 1.82) is 0 Å². The molecule has 134 valence electrons. The molecule has 1 N–H and O–H groups in total. The molecule has 0 aliphatic carbocycles. The average molecular weight is 360 g/mol. The first-order chi connectivity index (χ1) is 13.1. The second-order valence-corrected chi connectivity index (χ2v) is 6.37. The minimum atomic E-state index is -0.856. The fourth-order valence-electron chi connectivity index (χ4n) is 3.36. The van der Waals surface area contributed by atoms with E-state index in [0.717, 1.165) is 5.56 Å². The number of carbonyl (C=O) groups is 2. The van der Waals surface area contributed by atoms with Crippen LogP contribution < -0.4 is 5.32 Å². The van der Waals surface area contributed by atoms with E-state index < -0.39 is 17.8 Å². The van der Waals surface area contributed by atoms with Gasteiger partial charge in [-0.25, -0.2) is 4.39 Å². The maximum atomic E-state index is 14.0. The van der Waals surface area contributed by atoms with Gasteiger partial charge in [0.25, 0.3) is 11.8 Å². The predicted molar refractivity (Wildman–Crippen MR) is 101 cm³/mol. The number of fused-ring (bicyclic) bond motifs is 1. The standard InChI is InChI=1S/C22H17FN2O2/c23-18-12-6-7-13-19(18)24-21(26)20(15-8-2-1-3-9-15)25-14-16-10-4-5-11-17(16)22(25)27/h1-13,20H,14H2,(H,24,26)/t20-/m1/s1. The number of nitrogens with zero attached hydrogens (tertiary/aromatic N) is 1. The summed E-state index contributed by atoms with van der Waals surface area (Å²) in [6.07, 6.45) is 0. The fraction of sp³-hybridized carbons (Fsp3) is 0.0909. The summed E-state index contributed by atoms with van der Waals surface area (Å²) in [7, 11) is 0. The molecule has 1 heterocycles. The molecule has 0 aromatic heterocycles. The summed E-state index contributed by atoms with van der Waals surface area (Å²) in [5.74, 6) is -1.18. The van der Waals surface area contributed by atoms with E-state index in [0.29, 0.717) is 17.7 Å². The number of carbonyl (C=O) groups excluding carboxylic acids is 2. The Hall–Kier alpha value is -3.47. The molecular weight excluding hydrogens is 343 g/mol.